The summed E-state index contributed by atoms with van der Waals surface area (Å²) in [5.74, 6) is 0.594. The number of aliphatic hydroxyl groups is 1. The van der Waals surface area contributed by atoms with E-state index >= 15 is 0 Å². The molecule has 3 nitrogen and oxygen atoms in total. The van der Waals surface area contributed by atoms with Crippen molar-refractivity contribution in [3.8, 4) is 0 Å². The zero-order valence-electron chi connectivity index (χ0n) is 12.4. The average Bonchev–Trinajstić information content (AvgIpc) is 2.37. The lowest BCUT2D eigenvalue weighted by molar-refractivity contribution is 0.0465. The molecule has 0 saturated heterocycles. The molecular formula is C16H25ClN2O. The molecule has 0 radical (unpaired) electrons. The summed E-state index contributed by atoms with van der Waals surface area (Å²) in [7, 11) is 2.07. The molecule has 112 valence electrons. The summed E-state index contributed by atoms with van der Waals surface area (Å²) in [5.41, 5.74) is 2.30. The van der Waals surface area contributed by atoms with Crippen molar-refractivity contribution in [2.75, 3.05) is 25.0 Å². The van der Waals surface area contributed by atoms with Crippen molar-refractivity contribution in [2.24, 2.45) is 5.92 Å². The predicted molar refractivity (Wildman–Crippen MR) is 85.5 cm³/mol. The molecule has 2 N–H and O–H groups in total. The van der Waals surface area contributed by atoms with Gasteiger partial charge in [-0.15, -0.1) is 0 Å². The van der Waals surface area contributed by atoms with E-state index in [9.17, 15) is 5.11 Å². The Bertz CT molecular complexity index is 432. The van der Waals surface area contributed by atoms with E-state index in [2.05, 4.69) is 36.3 Å². The van der Waals surface area contributed by atoms with Crippen molar-refractivity contribution >= 4 is 17.3 Å². The third-order valence-corrected chi connectivity index (χ3v) is 4.22. The van der Waals surface area contributed by atoms with Crippen LogP contribution < -0.4 is 10.2 Å². The van der Waals surface area contributed by atoms with Gasteiger partial charge in [-0.3, -0.25) is 0 Å². The van der Waals surface area contributed by atoms with Crippen LogP contribution in [0, 0.1) is 5.92 Å². The van der Waals surface area contributed by atoms with Gasteiger partial charge in [0.15, 0.2) is 0 Å². The van der Waals surface area contributed by atoms with Crippen LogP contribution >= 0.6 is 11.6 Å². The quantitative estimate of drug-likeness (QED) is 0.759. The normalized spacial score (nSPS) is 21.6. The zero-order chi connectivity index (χ0) is 14.5. The van der Waals surface area contributed by atoms with E-state index in [0.29, 0.717) is 5.92 Å². The number of anilines is 1. The number of hydrogen-bond donors (Lipinski definition) is 2. The Kier molecular flexibility index (Phi) is 5.70. The van der Waals surface area contributed by atoms with Crippen LogP contribution in [0.4, 0.5) is 5.69 Å². The SMILES string of the molecule is CCCNCc1ccc(N(C)CC2CC(O)C2)c(Cl)c1. The topological polar surface area (TPSA) is 35.5 Å². The van der Waals surface area contributed by atoms with Crippen molar-refractivity contribution in [1.29, 1.82) is 0 Å². The molecule has 20 heavy (non-hydrogen) atoms. The molecule has 1 aromatic carbocycles. The van der Waals surface area contributed by atoms with E-state index < -0.39 is 0 Å². The molecule has 1 aromatic rings. The highest BCUT2D eigenvalue weighted by atomic mass is 35.5. The van der Waals surface area contributed by atoms with Gasteiger partial charge in [0, 0.05) is 20.1 Å². The summed E-state index contributed by atoms with van der Waals surface area (Å²) in [6.45, 7) is 5.02. The number of halogens is 1. The molecule has 0 atom stereocenters. The average molecular weight is 297 g/mol. The Hall–Kier alpha value is -0.770. The van der Waals surface area contributed by atoms with Crippen LogP contribution in [0.2, 0.25) is 5.02 Å². The number of rotatable bonds is 7. The smallest absolute Gasteiger partial charge is 0.0642 e. The van der Waals surface area contributed by atoms with Gasteiger partial charge >= 0.3 is 0 Å². The second kappa shape index (κ2) is 7.30. The van der Waals surface area contributed by atoms with Gasteiger partial charge in [-0.1, -0.05) is 24.6 Å². The first kappa shape index (κ1) is 15.6. The van der Waals surface area contributed by atoms with Crippen LogP contribution in [0.15, 0.2) is 18.2 Å². The lowest BCUT2D eigenvalue weighted by Crippen LogP contribution is -2.37. The second-order valence-electron chi connectivity index (χ2n) is 5.83. The Morgan fingerprint density at radius 2 is 2.15 bits per heavy atom. The number of hydrogen-bond acceptors (Lipinski definition) is 3. The van der Waals surface area contributed by atoms with Crippen molar-refractivity contribution in [3.05, 3.63) is 28.8 Å². The Morgan fingerprint density at radius 1 is 1.40 bits per heavy atom. The van der Waals surface area contributed by atoms with Crippen LogP contribution in [0.1, 0.15) is 31.7 Å². The van der Waals surface area contributed by atoms with Crippen molar-refractivity contribution < 1.29 is 5.11 Å². The van der Waals surface area contributed by atoms with Crippen molar-refractivity contribution in [3.63, 3.8) is 0 Å². The Balaban J connectivity index is 1.90. The fraction of sp³-hybridized carbons (Fsp3) is 0.625. The Labute approximate surface area is 126 Å². The molecule has 4 heteroatoms. The second-order valence-corrected chi connectivity index (χ2v) is 6.24. The number of aliphatic hydroxyl groups excluding tert-OH is 1. The largest absolute Gasteiger partial charge is 0.393 e. The molecular weight excluding hydrogens is 272 g/mol. The van der Waals surface area contributed by atoms with Gasteiger partial charge in [0.1, 0.15) is 0 Å². The maximum absolute atomic E-state index is 9.34. The highest BCUT2D eigenvalue weighted by Gasteiger charge is 2.28. The summed E-state index contributed by atoms with van der Waals surface area (Å²) in [5, 5.41) is 13.5. The van der Waals surface area contributed by atoms with Gasteiger partial charge in [-0.25, -0.2) is 0 Å². The molecule has 0 aliphatic heterocycles. The summed E-state index contributed by atoms with van der Waals surface area (Å²) >= 11 is 6.39. The van der Waals surface area contributed by atoms with Crippen molar-refractivity contribution in [2.45, 2.75) is 38.8 Å². The first-order valence-corrected chi connectivity index (χ1v) is 7.86. The molecule has 0 amide bonds. The first-order chi connectivity index (χ1) is 9.60. The summed E-state index contributed by atoms with van der Waals surface area (Å²) in [6.07, 6.45) is 2.89. The van der Waals surface area contributed by atoms with Gasteiger partial charge < -0.3 is 15.3 Å². The molecule has 2 rings (SSSR count). The van der Waals surface area contributed by atoms with Crippen LogP contribution in [0.25, 0.3) is 0 Å². The van der Waals surface area contributed by atoms with E-state index in [4.69, 9.17) is 11.6 Å². The van der Waals surface area contributed by atoms with Gasteiger partial charge in [-0.05, 0) is 49.4 Å². The minimum Gasteiger partial charge on any atom is -0.393 e. The lowest BCUT2D eigenvalue weighted by Gasteiger charge is -2.35. The highest BCUT2D eigenvalue weighted by Crippen LogP contribution is 2.31. The lowest BCUT2D eigenvalue weighted by atomic mass is 9.82. The number of nitrogens with one attached hydrogen (secondary N) is 1. The van der Waals surface area contributed by atoms with Crippen molar-refractivity contribution in [1.82, 2.24) is 5.32 Å². The minimum atomic E-state index is -0.0871. The molecule has 1 aliphatic carbocycles. The Morgan fingerprint density at radius 3 is 2.75 bits per heavy atom. The maximum atomic E-state index is 9.34. The summed E-state index contributed by atoms with van der Waals surface area (Å²) in [6, 6.07) is 6.28. The van der Waals surface area contributed by atoms with E-state index in [-0.39, 0.29) is 6.10 Å². The fourth-order valence-corrected chi connectivity index (χ4v) is 3.06. The van der Waals surface area contributed by atoms with Crippen LogP contribution in [0.5, 0.6) is 0 Å². The molecule has 0 heterocycles. The first-order valence-electron chi connectivity index (χ1n) is 7.48. The van der Waals surface area contributed by atoms with Gasteiger partial charge in [0.25, 0.3) is 0 Å². The number of nitrogens with zero attached hydrogens (tertiary/aromatic N) is 1. The minimum absolute atomic E-state index is 0.0871. The van der Waals surface area contributed by atoms with E-state index in [0.717, 1.165) is 49.6 Å². The van der Waals surface area contributed by atoms with E-state index in [1.54, 1.807) is 0 Å². The van der Waals surface area contributed by atoms with Gasteiger partial charge in [0.2, 0.25) is 0 Å². The molecule has 1 saturated carbocycles. The standard InChI is InChI=1S/C16H25ClN2O/c1-3-6-18-10-12-4-5-16(15(17)9-12)19(2)11-13-7-14(20)8-13/h4-5,9,13-14,18,20H,3,6-8,10-11H2,1-2H3. The van der Waals surface area contributed by atoms with Gasteiger partial charge in [0.05, 0.1) is 16.8 Å². The molecule has 1 aliphatic rings. The summed E-state index contributed by atoms with van der Waals surface area (Å²) < 4.78 is 0. The molecule has 0 spiro atoms. The summed E-state index contributed by atoms with van der Waals surface area (Å²) in [4.78, 5) is 2.20. The van der Waals surface area contributed by atoms with Crippen LogP contribution in [-0.2, 0) is 6.54 Å². The molecule has 0 bridgehead atoms. The zero-order valence-corrected chi connectivity index (χ0v) is 13.2. The van der Waals surface area contributed by atoms with E-state index in [1.807, 2.05) is 6.07 Å². The molecule has 0 unspecified atom stereocenters. The van der Waals surface area contributed by atoms with Gasteiger partial charge in [-0.2, -0.15) is 0 Å². The van der Waals surface area contributed by atoms with E-state index in [1.165, 1.54) is 5.56 Å². The highest BCUT2D eigenvalue weighted by molar-refractivity contribution is 6.33. The fourth-order valence-electron chi connectivity index (χ4n) is 2.71. The monoisotopic (exact) mass is 296 g/mol. The van der Waals surface area contributed by atoms with Crippen LogP contribution in [0.3, 0.4) is 0 Å². The van der Waals surface area contributed by atoms with Crippen LogP contribution in [-0.4, -0.2) is 31.3 Å². The molecule has 0 aromatic heterocycles. The predicted octanol–water partition coefficient (Wildman–Crippen LogP) is 3.05. The molecule has 1 fully saturated rings. The number of benzene rings is 1. The maximum Gasteiger partial charge on any atom is 0.0642 e. The third kappa shape index (κ3) is 4.11. The third-order valence-electron chi connectivity index (χ3n) is 3.92.